The summed E-state index contributed by atoms with van der Waals surface area (Å²) >= 11 is 3.58. The maximum absolute atomic E-state index is 3.58. The second-order valence-corrected chi connectivity index (χ2v) is 27.4. The summed E-state index contributed by atoms with van der Waals surface area (Å²) in [6, 6.07) is 132. The Hall–Kier alpha value is -12.8. The van der Waals surface area contributed by atoms with Crippen molar-refractivity contribution >= 4 is 168 Å². The quantitative estimate of drug-likeness (QED) is 0.167. The van der Waals surface area contributed by atoms with E-state index in [1.807, 2.05) is 0 Å². The molecule has 0 aliphatic carbocycles. The van der Waals surface area contributed by atoms with E-state index >= 15 is 0 Å². The van der Waals surface area contributed by atoms with Gasteiger partial charge in [0.05, 0.1) is 33.1 Å². The number of benzene rings is 18. The van der Waals surface area contributed by atoms with E-state index < -0.39 is 0 Å². The van der Waals surface area contributed by atoms with Crippen molar-refractivity contribution in [1.29, 1.82) is 0 Å². The van der Waals surface area contributed by atoms with Crippen LogP contribution in [0, 0.1) is 0 Å². The summed E-state index contributed by atoms with van der Waals surface area (Å²) in [6.07, 6.45) is 0. The summed E-state index contributed by atoms with van der Waals surface area (Å²) in [7, 11) is 0. The van der Waals surface area contributed by atoms with E-state index in [9.17, 15) is 0 Å². The first-order chi connectivity index (χ1) is 50.0. The highest BCUT2D eigenvalue weighted by molar-refractivity contribution is 9.10. The van der Waals surface area contributed by atoms with E-state index in [0.717, 1.165) is 4.47 Å². The molecule has 0 aliphatic heterocycles. The summed E-state index contributed by atoms with van der Waals surface area (Å²) in [5.74, 6) is 0. The number of aromatic nitrogens is 4. The summed E-state index contributed by atoms with van der Waals surface area (Å²) in [4.78, 5) is 3.53. The van der Waals surface area contributed by atoms with Crippen molar-refractivity contribution in [3.8, 4) is 39.3 Å². The first kappa shape index (κ1) is 58.4. The third kappa shape index (κ3) is 9.57. The van der Waals surface area contributed by atoms with Gasteiger partial charge in [-0.1, -0.05) is 259 Å². The maximum Gasteiger partial charge on any atom is 0.0541 e. The zero-order valence-corrected chi connectivity index (χ0v) is 56.4. The maximum atomic E-state index is 3.58. The fourth-order valence-corrected chi connectivity index (χ4v) is 16.7. The van der Waals surface area contributed by atoms with Gasteiger partial charge in [0.1, 0.15) is 0 Å². The molecule has 22 aromatic rings. The number of nitrogens with zero attached hydrogens (tertiary/aromatic N) is 3. The molecule has 1 N–H and O–H groups in total. The van der Waals surface area contributed by atoms with Gasteiger partial charge in [0, 0.05) is 75.7 Å². The van der Waals surface area contributed by atoms with Gasteiger partial charge in [-0.3, -0.25) is 0 Å². The predicted molar refractivity (Wildman–Crippen MR) is 435 cm³/mol. The molecule has 5 heteroatoms. The van der Waals surface area contributed by atoms with Gasteiger partial charge in [-0.2, -0.15) is 0 Å². The second kappa shape index (κ2) is 23.7. The van der Waals surface area contributed by atoms with Crippen molar-refractivity contribution in [2.75, 3.05) is 0 Å². The van der Waals surface area contributed by atoms with E-state index in [1.54, 1.807) is 0 Å². The van der Waals surface area contributed by atoms with Crippen molar-refractivity contribution in [2.45, 2.75) is 0 Å². The number of rotatable bonds is 5. The molecule has 0 unspecified atom stereocenters. The van der Waals surface area contributed by atoms with E-state index in [-0.39, 0.29) is 0 Å². The number of fused-ring (bicyclic) bond motifs is 24. The molecule has 0 fully saturated rings. The fraction of sp³-hybridized carbons (Fsp3) is 0. The number of H-pyrrole nitrogens is 1. The molecule has 0 saturated carbocycles. The number of aromatic amines is 1. The molecule has 0 aliphatic rings. The molecule has 0 amide bonds. The van der Waals surface area contributed by atoms with Crippen LogP contribution in [0.5, 0.6) is 0 Å². The number of hydrogen-bond donors (Lipinski definition) is 1. The molecule has 4 heterocycles. The van der Waals surface area contributed by atoms with Crippen LogP contribution in [-0.2, 0) is 0 Å². The predicted octanol–water partition coefficient (Wildman–Crippen LogP) is 27.0. The highest BCUT2D eigenvalue weighted by atomic mass is 79.9. The Kier molecular flexibility index (Phi) is 13.7. The Morgan fingerprint density at radius 1 is 0.168 bits per heavy atom. The Labute approximate surface area is 590 Å². The molecule has 101 heavy (non-hydrogen) atoms. The molecular weight excluding hydrogens is 1290 g/mol. The third-order valence-corrected chi connectivity index (χ3v) is 21.4. The molecule has 4 nitrogen and oxygen atoms in total. The minimum Gasteiger partial charge on any atom is -0.355 e. The Balaban J connectivity index is 0.000000114. The molecule has 0 radical (unpaired) electrons. The molecule has 18 aromatic carbocycles. The van der Waals surface area contributed by atoms with Crippen molar-refractivity contribution in [1.82, 2.24) is 18.7 Å². The van der Waals surface area contributed by atoms with Crippen LogP contribution >= 0.6 is 15.9 Å². The van der Waals surface area contributed by atoms with Gasteiger partial charge in [-0.05, 0) is 208 Å². The van der Waals surface area contributed by atoms with Crippen molar-refractivity contribution < 1.29 is 0 Å². The van der Waals surface area contributed by atoms with Crippen LogP contribution < -0.4 is 0 Å². The number of halogens is 1. The summed E-state index contributed by atoms with van der Waals surface area (Å²) < 4.78 is 8.30. The van der Waals surface area contributed by atoms with Crippen LogP contribution in [0.25, 0.3) is 191 Å². The SMILES string of the molecule is Brc1ccc2c3ccccc3c3ccccc3c2c1.c1ccc(-n2c3ccccc3c3cc(-c4ccc5[nH]c6ccccc6c5c4)ccc32)cc1.c1ccc(-n2c3ccccc3c3cc(-c4ccc5c(c4)c4ccccc4n5-c4ccc5c6ccccc6c6ccccc6c5c4)ccc32)cc1. The molecule has 0 atom stereocenters. The standard InChI is InChI=1S/C48H30N2.C30H20N2.C18H11Br/c1-2-12-33(13-3-1)49-45-20-10-8-18-40(45)43-28-31(22-26-47(43)49)32-23-27-48-44(29-32)41-19-9-11-21-46(41)50(48)34-24-25-39-37-16-5-4-14-35(37)36-15-6-7-17-38(36)42(39)30-34;1-2-8-22(9-3-1)32-29-13-7-5-11-24(29)26-19-21(15-17-30(26)32)20-14-16-28-25(18-20)23-10-4-6-12-27(23)31-28;19-12-9-10-17-15-7-2-1-5-13(15)14-6-3-4-8-16(14)18(17)11-12/h1-30H;1-19,31H;1-11H. The lowest BCUT2D eigenvalue weighted by molar-refractivity contribution is 1.18. The lowest BCUT2D eigenvalue weighted by atomic mass is 9.94. The monoisotopic (exact) mass is 1350 g/mol. The van der Waals surface area contributed by atoms with Crippen LogP contribution in [0.15, 0.2) is 368 Å². The summed E-state index contributed by atoms with van der Waals surface area (Å²) in [6.45, 7) is 0. The molecule has 0 spiro atoms. The van der Waals surface area contributed by atoms with Crippen molar-refractivity contribution in [3.63, 3.8) is 0 Å². The Morgan fingerprint density at radius 3 is 0.881 bits per heavy atom. The molecule has 472 valence electrons. The normalized spacial score (nSPS) is 11.8. The van der Waals surface area contributed by atoms with E-state index in [4.69, 9.17) is 0 Å². The van der Waals surface area contributed by atoms with E-state index in [1.165, 1.54) is 191 Å². The zero-order valence-electron chi connectivity index (χ0n) is 54.9. The lowest BCUT2D eigenvalue weighted by Gasteiger charge is -2.14. The molecule has 0 saturated heterocycles. The van der Waals surface area contributed by atoms with Gasteiger partial charge in [0.2, 0.25) is 0 Å². The first-order valence-corrected chi connectivity index (χ1v) is 35.4. The molecule has 4 aromatic heterocycles. The zero-order chi connectivity index (χ0) is 66.7. The van der Waals surface area contributed by atoms with E-state index in [2.05, 4.69) is 399 Å². The molecule has 0 bridgehead atoms. The minimum absolute atomic E-state index is 1.13. The number of nitrogens with one attached hydrogen (secondary N) is 1. The van der Waals surface area contributed by atoms with Gasteiger partial charge in [0.25, 0.3) is 0 Å². The lowest BCUT2D eigenvalue weighted by Crippen LogP contribution is -1.94. The number of hydrogen-bond acceptors (Lipinski definition) is 0. The summed E-state index contributed by atoms with van der Waals surface area (Å²) in [5, 5.41) is 25.8. The average molecular weight is 1350 g/mol. The molecular formula is C96H61BrN4. The van der Waals surface area contributed by atoms with Crippen LogP contribution in [-0.4, -0.2) is 18.7 Å². The average Bonchev–Trinajstić information content (AvgIpc) is 1.45. The van der Waals surface area contributed by atoms with Crippen LogP contribution in [0.3, 0.4) is 0 Å². The van der Waals surface area contributed by atoms with E-state index in [0.29, 0.717) is 0 Å². The van der Waals surface area contributed by atoms with Gasteiger partial charge in [0.15, 0.2) is 0 Å². The highest BCUT2D eigenvalue weighted by Crippen LogP contribution is 2.43. The van der Waals surface area contributed by atoms with Gasteiger partial charge in [-0.15, -0.1) is 0 Å². The van der Waals surface area contributed by atoms with Crippen molar-refractivity contribution in [2.24, 2.45) is 0 Å². The Morgan fingerprint density at radius 2 is 0.455 bits per heavy atom. The number of para-hydroxylation sites is 6. The topological polar surface area (TPSA) is 30.6 Å². The van der Waals surface area contributed by atoms with Crippen molar-refractivity contribution in [3.05, 3.63) is 368 Å². The van der Waals surface area contributed by atoms with Gasteiger partial charge >= 0.3 is 0 Å². The van der Waals surface area contributed by atoms with Gasteiger partial charge in [-0.25, -0.2) is 0 Å². The highest BCUT2D eigenvalue weighted by Gasteiger charge is 2.20. The summed E-state index contributed by atoms with van der Waals surface area (Å²) in [5.41, 5.74) is 18.1. The first-order valence-electron chi connectivity index (χ1n) is 34.6. The Bertz CT molecular complexity index is 7020. The largest absolute Gasteiger partial charge is 0.355 e. The smallest absolute Gasteiger partial charge is 0.0541 e. The van der Waals surface area contributed by atoms with Crippen LogP contribution in [0.4, 0.5) is 0 Å². The van der Waals surface area contributed by atoms with Gasteiger partial charge < -0.3 is 18.7 Å². The third-order valence-electron chi connectivity index (χ3n) is 20.9. The fourth-order valence-electron chi connectivity index (χ4n) is 16.4. The van der Waals surface area contributed by atoms with Crippen LogP contribution in [0.2, 0.25) is 0 Å². The second-order valence-electron chi connectivity index (χ2n) is 26.5. The van der Waals surface area contributed by atoms with Crippen LogP contribution in [0.1, 0.15) is 0 Å². The minimum atomic E-state index is 1.13. The molecule has 22 rings (SSSR count).